The number of aryl methyl sites for hydroxylation is 1. The number of ether oxygens (including phenoxy) is 2. The zero-order chi connectivity index (χ0) is 17.9. The summed E-state index contributed by atoms with van der Waals surface area (Å²) in [5.41, 5.74) is 1.12. The monoisotopic (exact) mass is 353 g/mol. The highest BCUT2D eigenvalue weighted by Gasteiger charge is 2.29. The molecule has 1 saturated carbocycles. The molecule has 1 atom stereocenters. The third-order valence-corrected chi connectivity index (χ3v) is 5.57. The second kappa shape index (κ2) is 7.67. The summed E-state index contributed by atoms with van der Waals surface area (Å²) in [5.74, 6) is 1.86. The molecule has 0 aromatic heterocycles. The molecule has 4 heteroatoms. The van der Waals surface area contributed by atoms with Crippen molar-refractivity contribution >= 4 is 16.7 Å². The second-order valence-corrected chi connectivity index (χ2v) is 7.49. The number of methoxy groups -OCH3 is 1. The molecule has 1 unspecified atom stereocenters. The first kappa shape index (κ1) is 17.3. The lowest BCUT2D eigenvalue weighted by atomic mass is 9.99. The quantitative estimate of drug-likeness (QED) is 0.760. The van der Waals surface area contributed by atoms with Gasteiger partial charge >= 0.3 is 0 Å². The van der Waals surface area contributed by atoms with E-state index in [9.17, 15) is 4.79 Å². The number of nitrogens with zero attached hydrogens (tertiary/aromatic N) is 1. The summed E-state index contributed by atoms with van der Waals surface area (Å²) < 4.78 is 11.5. The van der Waals surface area contributed by atoms with Crippen LogP contribution in [0.1, 0.15) is 31.2 Å². The van der Waals surface area contributed by atoms with Crippen molar-refractivity contribution in [2.75, 3.05) is 26.8 Å². The smallest absolute Gasteiger partial charge is 0.222 e. The minimum absolute atomic E-state index is 0.220. The normalized spacial score (nSPS) is 19.9. The van der Waals surface area contributed by atoms with Crippen LogP contribution in [-0.4, -0.2) is 43.7 Å². The fourth-order valence-corrected chi connectivity index (χ4v) is 3.80. The third kappa shape index (κ3) is 3.85. The first-order chi connectivity index (χ1) is 12.7. The standard InChI is InChI=1S/C22H27NO3/c1-25-21-10-8-17-4-2-3-5-19(17)20(21)9-11-22(24)23-13-12-18(14-23)26-15-16-6-7-16/h2-5,8,10,16,18H,6-7,9,11-15H2,1H3. The van der Waals surface area contributed by atoms with Gasteiger partial charge in [-0.25, -0.2) is 0 Å². The van der Waals surface area contributed by atoms with Gasteiger partial charge in [0.15, 0.2) is 0 Å². The molecule has 1 saturated heterocycles. The molecule has 138 valence electrons. The van der Waals surface area contributed by atoms with Crippen molar-refractivity contribution in [3.05, 3.63) is 42.0 Å². The van der Waals surface area contributed by atoms with E-state index in [0.717, 1.165) is 43.3 Å². The lowest BCUT2D eigenvalue weighted by Crippen LogP contribution is -2.30. The fourth-order valence-electron chi connectivity index (χ4n) is 3.80. The summed E-state index contributed by atoms with van der Waals surface area (Å²) >= 11 is 0. The average molecular weight is 353 g/mol. The summed E-state index contributed by atoms with van der Waals surface area (Å²) in [5, 5.41) is 2.36. The van der Waals surface area contributed by atoms with E-state index in [2.05, 4.69) is 18.2 Å². The van der Waals surface area contributed by atoms with E-state index in [1.54, 1.807) is 7.11 Å². The van der Waals surface area contributed by atoms with E-state index in [1.807, 2.05) is 23.1 Å². The number of fused-ring (bicyclic) bond motifs is 1. The Morgan fingerprint density at radius 2 is 2.00 bits per heavy atom. The second-order valence-electron chi connectivity index (χ2n) is 7.49. The van der Waals surface area contributed by atoms with Crippen molar-refractivity contribution in [1.82, 2.24) is 4.90 Å². The lowest BCUT2D eigenvalue weighted by Gasteiger charge is -2.18. The van der Waals surface area contributed by atoms with Crippen molar-refractivity contribution < 1.29 is 14.3 Å². The van der Waals surface area contributed by atoms with Crippen molar-refractivity contribution in [1.29, 1.82) is 0 Å². The Morgan fingerprint density at radius 1 is 1.15 bits per heavy atom. The zero-order valence-electron chi connectivity index (χ0n) is 15.4. The molecule has 1 aliphatic heterocycles. The summed E-state index contributed by atoms with van der Waals surface area (Å²) in [6.07, 6.45) is 5.03. The highest BCUT2D eigenvalue weighted by atomic mass is 16.5. The Bertz CT molecular complexity index is 784. The summed E-state index contributed by atoms with van der Waals surface area (Å²) in [7, 11) is 1.69. The molecular formula is C22H27NO3. The molecule has 2 aromatic rings. The Balaban J connectivity index is 1.37. The molecule has 2 aromatic carbocycles. The molecule has 2 aliphatic rings. The summed E-state index contributed by atoms with van der Waals surface area (Å²) in [4.78, 5) is 14.6. The van der Waals surface area contributed by atoms with Gasteiger partial charge in [0.25, 0.3) is 0 Å². The van der Waals surface area contributed by atoms with Gasteiger partial charge in [0.05, 0.1) is 13.2 Å². The maximum Gasteiger partial charge on any atom is 0.222 e. The van der Waals surface area contributed by atoms with Gasteiger partial charge in [-0.05, 0) is 48.4 Å². The van der Waals surface area contributed by atoms with E-state index in [0.29, 0.717) is 12.8 Å². The van der Waals surface area contributed by atoms with Crippen LogP contribution in [-0.2, 0) is 16.0 Å². The van der Waals surface area contributed by atoms with Gasteiger partial charge in [-0.2, -0.15) is 0 Å². The van der Waals surface area contributed by atoms with Crippen LogP contribution < -0.4 is 4.74 Å². The van der Waals surface area contributed by atoms with Crippen LogP contribution in [0.3, 0.4) is 0 Å². The molecule has 0 bridgehead atoms. The van der Waals surface area contributed by atoms with E-state index >= 15 is 0 Å². The Hall–Kier alpha value is -2.07. The van der Waals surface area contributed by atoms with E-state index in [-0.39, 0.29) is 12.0 Å². The van der Waals surface area contributed by atoms with Crippen LogP contribution in [0.4, 0.5) is 0 Å². The predicted molar refractivity (Wildman–Crippen MR) is 102 cm³/mol. The Kier molecular flexibility index (Phi) is 5.11. The number of amides is 1. The fraction of sp³-hybridized carbons (Fsp3) is 0.500. The van der Waals surface area contributed by atoms with Crippen LogP contribution in [0.25, 0.3) is 10.8 Å². The molecule has 1 amide bonds. The first-order valence-corrected chi connectivity index (χ1v) is 9.68. The van der Waals surface area contributed by atoms with E-state index in [4.69, 9.17) is 9.47 Å². The molecule has 1 aliphatic carbocycles. The van der Waals surface area contributed by atoms with Crippen LogP contribution in [0, 0.1) is 5.92 Å². The number of carbonyl (C=O) groups is 1. The molecule has 26 heavy (non-hydrogen) atoms. The highest BCUT2D eigenvalue weighted by molar-refractivity contribution is 5.88. The zero-order valence-corrected chi connectivity index (χ0v) is 15.4. The van der Waals surface area contributed by atoms with Crippen molar-refractivity contribution in [3.63, 3.8) is 0 Å². The first-order valence-electron chi connectivity index (χ1n) is 9.68. The Morgan fingerprint density at radius 3 is 2.81 bits per heavy atom. The van der Waals surface area contributed by atoms with E-state index < -0.39 is 0 Å². The largest absolute Gasteiger partial charge is 0.496 e. The maximum atomic E-state index is 12.7. The molecular weight excluding hydrogens is 326 g/mol. The molecule has 1 heterocycles. The minimum atomic E-state index is 0.220. The van der Waals surface area contributed by atoms with Crippen molar-refractivity contribution in [3.8, 4) is 5.75 Å². The van der Waals surface area contributed by atoms with Gasteiger partial charge in [-0.3, -0.25) is 4.79 Å². The lowest BCUT2D eigenvalue weighted by molar-refractivity contribution is -0.130. The highest BCUT2D eigenvalue weighted by Crippen LogP contribution is 2.31. The molecule has 4 nitrogen and oxygen atoms in total. The van der Waals surface area contributed by atoms with Crippen LogP contribution in [0.5, 0.6) is 5.75 Å². The average Bonchev–Trinajstić information content (AvgIpc) is 3.39. The number of carbonyl (C=O) groups excluding carboxylic acids is 1. The molecule has 0 radical (unpaired) electrons. The van der Waals surface area contributed by atoms with Crippen LogP contribution in [0.2, 0.25) is 0 Å². The van der Waals surface area contributed by atoms with Gasteiger partial charge in [0, 0.05) is 31.7 Å². The number of likely N-dealkylation sites (tertiary alicyclic amines) is 1. The molecule has 0 spiro atoms. The summed E-state index contributed by atoms with van der Waals surface area (Å²) in [6.45, 7) is 2.44. The molecule has 4 rings (SSSR count). The number of rotatable bonds is 7. The van der Waals surface area contributed by atoms with Crippen molar-refractivity contribution in [2.45, 2.75) is 38.2 Å². The van der Waals surface area contributed by atoms with Gasteiger partial charge < -0.3 is 14.4 Å². The van der Waals surface area contributed by atoms with Gasteiger partial charge in [0.1, 0.15) is 5.75 Å². The van der Waals surface area contributed by atoms with Crippen LogP contribution >= 0.6 is 0 Å². The SMILES string of the molecule is COc1ccc2ccccc2c1CCC(=O)N1CCC(OCC2CC2)C1. The number of hydrogen-bond donors (Lipinski definition) is 0. The van der Waals surface area contributed by atoms with Crippen molar-refractivity contribution in [2.24, 2.45) is 5.92 Å². The Labute approximate surface area is 155 Å². The number of benzene rings is 2. The molecule has 2 fully saturated rings. The summed E-state index contributed by atoms with van der Waals surface area (Å²) in [6, 6.07) is 12.4. The van der Waals surface area contributed by atoms with Crippen LogP contribution in [0.15, 0.2) is 36.4 Å². The number of hydrogen-bond acceptors (Lipinski definition) is 3. The van der Waals surface area contributed by atoms with Gasteiger partial charge in [-0.15, -0.1) is 0 Å². The van der Waals surface area contributed by atoms with E-state index in [1.165, 1.54) is 23.6 Å². The molecule has 0 N–H and O–H groups in total. The van der Waals surface area contributed by atoms with Gasteiger partial charge in [-0.1, -0.05) is 30.3 Å². The van der Waals surface area contributed by atoms with Gasteiger partial charge in [0.2, 0.25) is 5.91 Å². The maximum absolute atomic E-state index is 12.7. The minimum Gasteiger partial charge on any atom is -0.496 e. The third-order valence-electron chi connectivity index (χ3n) is 5.57. The topological polar surface area (TPSA) is 38.8 Å². The predicted octanol–water partition coefficient (Wildman–Crippen LogP) is 3.81.